The van der Waals surface area contributed by atoms with Crippen LogP contribution in [0.1, 0.15) is 21.5 Å². The molecule has 1 amide bonds. The van der Waals surface area contributed by atoms with Crippen LogP contribution in [0.3, 0.4) is 0 Å². The van der Waals surface area contributed by atoms with Crippen LogP contribution in [0.4, 0.5) is 5.69 Å². The molecule has 0 atom stereocenters. The van der Waals surface area contributed by atoms with Crippen LogP contribution < -0.4 is 4.90 Å². The number of hydrogen-bond donors (Lipinski definition) is 1. The molecule has 0 aliphatic carbocycles. The van der Waals surface area contributed by atoms with Gasteiger partial charge in [-0.05, 0) is 54.1 Å². The Labute approximate surface area is 186 Å². The van der Waals surface area contributed by atoms with Crippen molar-refractivity contribution in [3.8, 4) is 0 Å². The van der Waals surface area contributed by atoms with Gasteiger partial charge in [0.1, 0.15) is 11.5 Å². The number of amides is 1. The Hall–Kier alpha value is -3.22. The van der Waals surface area contributed by atoms with E-state index in [-0.39, 0.29) is 17.2 Å². The second kappa shape index (κ2) is 8.26. The first-order valence-corrected chi connectivity index (χ1v) is 10.1. The van der Waals surface area contributed by atoms with E-state index in [1.165, 1.54) is 17.0 Å². The third kappa shape index (κ3) is 3.92. The van der Waals surface area contributed by atoms with Crippen molar-refractivity contribution in [3.63, 3.8) is 0 Å². The molecule has 1 aliphatic heterocycles. The molecule has 1 N–H and O–H groups in total. The van der Waals surface area contributed by atoms with Gasteiger partial charge < -0.3 is 5.11 Å². The van der Waals surface area contributed by atoms with E-state index in [0.29, 0.717) is 22.1 Å². The van der Waals surface area contributed by atoms with E-state index < -0.39 is 5.97 Å². The molecule has 0 unspecified atom stereocenters. The van der Waals surface area contributed by atoms with E-state index in [1.54, 1.807) is 42.5 Å². The van der Waals surface area contributed by atoms with Crippen molar-refractivity contribution in [2.45, 2.75) is 0 Å². The molecular formula is C23H14BrClN2O3. The van der Waals surface area contributed by atoms with Gasteiger partial charge in [-0.3, -0.25) is 9.69 Å². The normalized spacial score (nSPS) is 14.9. The molecule has 0 spiro atoms. The molecule has 1 heterocycles. The van der Waals surface area contributed by atoms with Crippen molar-refractivity contribution in [1.82, 2.24) is 0 Å². The zero-order valence-electron chi connectivity index (χ0n) is 15.4. The monoisotopic (exact) mass is 480 g/mol. The maximum atomic E-state index is 13.3. The number of hydrogen-bond acceptors (Lipinski definition) is 3. The molecule has 0 saturated heterocycles. The third-order valence-electron chi connectivity index (χ3n) is 4.52. The highest BCUT2D eigenvalue weighted by atomic mass is 79.9. The van der Waals surface area contributed by atoms with Gasteiger partial charge in [-0.15, -0.1) is 0 Å². The number of benzene rings is 3. The van der Waals surface area contributed by atoms with Crippen molar-refractivity contribution < 1.29 is 14.7 Å². The van der Waals surface area contributed by atoms with Crippen LogP contribution in [-0.2, 0) is 4.79 Å². The number of rotatable bonds is 4. The summed E-state index contributed by atoms with van der Waals surface area (Å²) in [4.78, 5) is 30.5. The average Bonchev–Trinajstić information content (AvgIpc) is 3.05. The lowest BCUT2D eigenvalue weighted by molar-refractivity contribution is -0.113. The van der Waals surface area contributed by atoms with Crippen molar-refractivity contribution in [2.24, 2.45) is 4.99 Å². The van der Waals surface area contributed by atoms with Crippen LogP contribution in [-0.4, -0.2) is 22.8 Å². The molecule has 1 aliphatic rings. The summed E-state index contributed by atoms with van der Waals surface area (Å²) >= 11 is 9.54. The number of halogens is 2. The summed E-state index contributed by atoms with van der Waals surface area (Å²) in [6.45, 7) is 0. The molecule has 3 aromatic rings. The SMILES string of the molecule is O=C(O)c1ccc(/C=C2/N=C(c3ccccc3Br)N(c3ccc(Cl)cc3)C2=O)cc1. The largest absolute Gasteiger partial charge is 0.478 e. The molecule has 4 rings (SSSR count). The molecule has 148 valence electrons. The number of carbonyl (C=O) groups excluding carboxylic acids is 1. The quantitative estimate of drug-likeness (QED) is 0.491. The number of aliphatic imine (C=N–C) groups is 1. The van der Waals surface area contributed by atoms with Crippen LogP contribution in [0.5, 0.6) is 0 Å². The minimum atomic E-state index is -1.01. The number of nitrogens with zero attached hydrogens (tertiary/aromatic N) is 2. The fourth-order valence-corrected chi connectivity index (χ4v) is 3.64. The Morgan fingerprint density at radius 3 is 2.30 bits per heavy atom. The number of amidine groups is 1. The zero-order chi connectivity index (χ0) is 21.3. The highest BCUT2D eigenvalue weighted by Crippen LogP contribution is 2.31. The van der Waals surface area contributed by atoms with Gasteiger partial charge >= 0.3 is 5.97 Å². The second-order valence-electron chi connectivity index (χ2n) is 6.49. The van der Waals surface area contributed by atoms with Crippen molar-refractivity contribution in [1.29, 1.82) is 0 Å². The minimum Gasteiger partial charge on any atom is -0.478 e. The van der Waals surface area contributed by atoms with E-state index in [9.17, 15) is 9.59 Å². The molecular weight excluding hydrogens is 468 g/mol. The summed E-state index contributed by atoms with van der Waals surface area (Å²) in [5.74, 6) is -0.803. The van der Waals surface area contributed by atoms with Crippen LogP contribution in [0, 0.1) is 0 Å². The molecule has 0 saturated carbocycles. The smallest absolute Gasteiger partial charge is 0.335 e. The van der Waals surface area contributed by atoms with E-state index in [4.69, 9.17) is 16.7 Å². The molecule has 7 heteroatoms. The van der Waals surface area contributed by atoms with Crippen LogP contribution in [0.2, 0.25) is 5.02 Å². The summed E-state index contributed by atoms with van der Waals surface area (Å²) in [7, 11) is 0. The van der Waals surface area contributed by atoms with E-state index >= 15 is 0 Å². The van der Waals surface area contributed by atoms with Crippen molar-refractivity contribution in [2.75, 3.05) is 4.90 Å². The Morgan fingerprint density at radius 1 is 1.00 bits per heavy atom. The van der Waals surface area contributed by atoms with Gasteiger partial charge in [-0.1, -0.05) is 57.9 Å². The third-order valence-corrected chi connectivity index (χ3v) is 5.46. The Kier molecular flexibility index (Phi) is 5.53. The predicted octanol–water partition coefficient (Wildman–Crippen LogP) is 5.64. The lowest BCUT2D eigenvalue weighted by Crippen LogP contribution is -2.32. The van der Waals surface area contributed by atoms with Crippen LogP contribution in [0.25, 0.3) is 6.08 Å². The first-order chi connectivity index (χ1) is 14.4. The summed E-state index contributed by atoms with van der Waals surface area (Å²) in [6.07, 6.45) is 1.64. The van der Waals surface area contributed by atoms with Gasteiger partial charge in [-0.2, -0.15) is 0 Å². The predicted molar refractivity (Wildman–Crippen MR) is 121 cm³/mol. The number of carbonyl (C=O) groups is 2. The topological polar surface area (TPSA) is 70.0 Å². The van der Waals surface area contributed by atoms with Gasteiger partial charge in [0.25, 0.3) is 5.91 Å². The van der Waals surface area contributed by atoms with Gasteiger partial charge in [0, 0.05) is 15.1 Å². The van der Waals surface area contributed by atoms with E-state index in [1.807, 2.05) is 24.3 Å². The maximum Gasteiger partial charge on any atom is 0.335 e. The summed E-state index contributed by atoms with van der Waals surface area (Å²) in [5.41, 5.74) is 2.51. The first-order valence-electron chi connectivity index (χ1n) is 8.93. The molecule has 3 aromatic carbocycles. The summed E-state index contributed by atoms with van der Waals surface area (Å²) in [5, 5.41) is 9.63. The molecule has 0 fully saturated rings. The molecule has 0 bridgehead atoms. The van der Waals surface area contributed by atoms with Crippen molar-refractivity contribution >= 4 is 57.0 Å². The number of anilines is 1. The van der Waals surface area contributed by atoms with Crippen LogP contribution >= 0.6 is 27.5 Å². The van der Waals surface area contributed by atoms with Crippen LogP contribution in [0.15, 0.2) is 88.0 Å². The highest BCUT2D eigenvalue weighted by Gasteiger charge is 2.33. The molecule has 0 aromatic heterocycles. The van der Waals surface area contributed by atoms with Gasteiger partial charge in [0.15, 0.2) is 0 Å². The summed E-state index contributed by atoms with van der Waals surface area (Å²) < 4.78 is 0.808. The second-order valence-corrected chi connectivity index (χ2v) is 7.78. The standard InChI is InChI=1S/C23H14BrClN2O3/c24-19-4-2-1-3-18(19)21-26-20(13-14-5-7-15(8-6-14)23(29)30)22(28)27(21)17-11-9-16(25)10-12-17/h1-13H,(H,29,30)/b20-13+. The lowest BCUT2D eigenvalue weighted by atomic mass is 10.1. The summed E-state index contributed by atoms with van der Waals surface area (Å²) in [6, 6.07) is 20.7. The number of carboxylic acid groups (broad SMARTS) is 1. The fourth-order valence-electron chi connectivity index (χ4n) is 3.05. The lowest BCUT2D eigenvalue weighted by Gasteiger charge is -2.19. The average molecular weight is 482 g/mol. The van der Waals surface area contributed by atoms with Gasteiger partial charge in [0.2, 0.25) is 0 Å². The van der Waals surface area contributed by atoms with Gasteiger partial charge in [0.05, 0.1) is 11.3 Å². The molecule has 0 radical (unpaired) electrons. The number of aromatic carboxylic acids is 1. The Morgan fingerprint density at radius 2 is 1.67 bits per heavy atom. The number of carboxylic acids is 1. The molecule has 30 heavy (non-hydrogen) atoms. The fraction of sp³-hybridized carbons (Fsp3) is 0. The highest BCUT2D eigenvalue weighted by molar-refractivity contribution is 9.10. The molecule has 5 nitrogen and oxygen atoms in total. The zero-order valence-corrected chi connectivity index (χ0v) is 17.8. The van der Waals surface area contributed by atoms with E-state index in [0.717, 1.165) is 10.0 Å². The minimum absolute atomic E-state index is 0.176. The Bertz CT molecular complexity index is 1200. The van der Waals surface area contributed by atoms with Crippen molar-refractivity contribution in [3.05, 3.63) is 105 Å². The van der Waals surface area contributed by atoms with E-state index in [2.05, 4.69) is 20.9 Å². The maximum absolute atomic E-state index is 13.3. The first kappa shape index (κ1) is 20.1. The Balaban J connectivity index is 1.80. The van der Waals surface area contributed by atoms with Gasteiger partial charge in [-0.25, -0.2) is 9.79 Å².